The van der Waals surface area contributed by atoms with E-state index in [-0.39, 0.29) is 15.0 Å². The van der Waals surface area contributed by atoms with E-state index in [0.717, 1.165) is 34.9 Å². The highest BCUT2D eigenvalue weighted by molar-refractivity contribution is 7.16. The van der Waals surface area contributed by atoms with Gasteiger partial charge in [0.2, 0.25) is 0 Å². The Balaban J connectivity index is 2.22. The van der Waals surface area contributed by atoms with Gasteiger partial charge in [-0.25, -0.2) is 13.6 Å². The Morgan fingerprint density at radius 3 is 2.48 bits per heavy atom. The van der Waals surface area contributed by atoms with Crippen LogP contribution < -0.4 is 4.80 Å². The lowest BCUT2D eigenvalue weighted by Crippen LogP contribution is -2.25. The smallest absolute Gasteiger partial charge is 0.416 e. The van der Waals surface area contributed by atoms with E-state index in [2.05, 4.69) is 4.99 Å². The van der Waals surface area contributed by atoms with E-state index in [4.69, 9.17) is 0 Å². The van der Waals surface area contributed by atoms with E-state index in [1.54, 1.807) is 0 Å². The number of rotatable bonds is 3. The number of nitrogens with zero attached hydrogens (tertiary/aromatic N) is 2. The minimum Gasteiger partial charge on any atom is -0.480 e. The summed E-state index contributed by atoms with van der Waals surface area (Å²) in [6.45, 7) is 1.24. The predicted octanol–water partition coefficient (Wildman–Crippen LogP) is 4.39. The van der Waals surface area contributed by atoms with Gasteiger partial charge in [0.25, 0.3) is 5.91 Å². The third kappa shape index (κ3) is 3.90. The number of alkyl halides is 3. The molecule has 0 saturated heterocycles. The Kier molecular flexibility index (Phi) is 5.26. The molecule has 0 saturated carbocycles. The summed E-state index contributed by atoms with van der Waals surface area (Å²) < 4.78 is 67.0. The van der Waals surface area contributed by atoms with Crippen LogP contribution in [0.15, 0.2) is 41.4 Å². The molecule has 0 spiro atoms. The van der Waals surface area contributed by atoms with Crippen molar-refractivity contribution < 1.29 is 36.6 Å². The number of carboxylic acids is 1. The molecule has 29 heavy (non-hydrogen) atoms. The van der Waals surface area contributed by atoms with Crippen molar-refractivity contribution in [3.8, 4) is 0 Å². The zero-order chi connectivity index (χ0) is 21.5. The Morgan fingerprint density at radius 1 is 1.17 bits per heavy atom. The van der Waals surface area contributed by atoms with Gasteiger partial charge in [0.1, 0.15) is 6.04 Å². The molecule has 1 N–H and O–H groups in total. The van der Waals surface area contributed by atoms with Gasteiger partial charge < -0.3 is 9.67 Å². The van der Waals surface area contributed by atoms with Gasteiger partial charge in [0.15, 0.2) is 16.4 Å². The van der Waals surface area contributed by atoms with Crippen molar-refractivity contribution in [3.63, 3.8) is 0 Å². The second-order valence-electron chi connectivity index (χ2n) is 5.97. The van der Waals surface area contributed by atoms with Gasteiger partial charge in [-0.1, -0.05) is 17.4 Å². The fourth-order valence-corrected chi connectivity index (χ4v) is 3.72. The molecule has 0 bridgehead atoms. The van der Waals surface area contributed by atoms with Crippen molar-refractivity contribution in [2.45, 2.75) is 19.1 Å². The van der Waals surface area contributed by atoms with E-state index < -0.39 is 46.9 Å². The van der Waals surface area contributed by atoms with Gasteiger partial charge in [-0.15, -0.1) is 0 Å². The molecule has 3 aromatic rings. The first-order valence-electron chi connectivity index (χ1n) is 7.99. The fraction of sp³-hybridized carbons (Fsp3) is 0.167. The summed E-state index contributed by atoms with van der Waals surface area (Å²) in [4.78, 5) is 27.2. The first-order chi connectivity index (χ1) is 13.5. The van der Waals surface area contributed by atoms with Crippen molar-refractivity contribution in [2.75, 3.05) is 0 Å². The van der Waals surface area contributed by atoms with Gasteiger partial charge in [-0.05, 0) is 37.3 Å². The maximum atomic E-state index is 14.1. The summed E-state index contributed by atoms with van der Waals surface area (Å²) >= 11 is 0.518. The van der Waals surface area contributed by atoms with Crippen LogP contribution in [0, 0.1) is 11.6 Å². The average Bonchev–Trinajstić information content (AvgIpc) is 3.02. The first-order valence-corrected chi connectivity index (χ1v) is 8.80. The molecule has 152 valence electrons. The van der Waals surface area contributed by atoms with E-state index in [0.29, 0.717) is 17.4 Å². The number of halogens is 5. The molecular weight excluding hydrogens is 419 g/mol. The van der Waals surface area contributed by atoms with E-state index in [9.17, 15) is 36.6 Å². The number of carbonyl (C=O) groups is 2. The summed E-state index contributed by atoms with van der Waals surface area (Å²) in [7, 11) is 0. The van der Waals surface area contributed by atoms with Crippen LogP contribution in [0.4, 0.5) is 22.0 Å². The molecule has 0 radical (unpaired) electrons. The number of thiazole rings is 1. The van der Waals surface area contributed by atoms with Crippen molar-refractivity contribution in [2.24, 2.45) is 4.99 Å². The molecule has 3 rings (SSSR count). The second-order valence-corrected chi connectivity index (χ2v) is 6.95. The molecule has 0 aliphatic rings. The quantitative estimate of drug-likeness (QED) is 0.627. The summed E-state index contributed by atoms with van der Waals surface area (Å²) in [5.74, 6) is -4.84. The number of hydrogen-bond donors (Lipinski definition) is 1. The summed E-state index contributed by atoms with van der Waals surface area (Å²) in [6.07, 6.45) is -4.67. The lowest BCUT2D eigenvalue weighted by Gasteiger charge is -2.10. The SMILES string of the molecule is CC(C(=O)O)n1/c(=N/C(=O)c2cccc(C(F)(F)F)c2)sc2c(F)c(F)ccc21. The number of amides is 1. The fourth-order valence-electron chi connectivity index (χ4n) is 2.59. The maximum absolute atomic E-state index is 14.1. The van der Waals surface area contributed by atoms with Crippen LogP contribution in [0.25, 0.3) is 10.2 Å². The highest BCUT2D eigenvalue weighted by Crippen LogP contribution is 2.30. The Labute approximate surface area is 163 Å². The molecular formula is C18H11F5N2O3S. The van der Waals surface area contributed by atoms with Crippen LogP contribution in [-0.2, 0) is 11.0 Å². The van der Waals surface area contributed by atoms with Gasteiger partial charge in [-0.2, -0.15) is 18.2 Å². The Morgan fingerprint density at radius 2 is 1.86 bits per heavy atom. The van der Waals surface area contributed by atoms with Crippen molar-refractivity contribution in [3.05, 3.63) is 64.0 Å². The van der Waals surface area contributed by atoms with E-state index >= 15 is 0 Å². The number of aromatic nitrogens is 1. The predicted molar refractivity (Wildman–Crippen MR) is 93.4 cm³/mol. The third-order valence-corrected chi connectivity index (χ3v) is 5.13. The van der Waals surface area contributed by atoms with Crippen LogP contribution in [-0.4, -0.2) is 21.6 Å². The van der Waals surface area contributed by atoms with Gasteiger partial charge in [0, 0.05) is 5.56 Å². The summed E-state index contributed by atoms with van der Waals surface area (Å²) in [5, 5.41) is 9.30. The largest absolute Gasteiger partial charge is 0.480 e. The molecule has 1 aromatic heterocycles. The molecule has 11 heteroatoms. The standard InChI is InChI=1S/C18H11F5N2O3S/c1-8(16(27)28)25-12-6-5-11(19)13(20)14(12)29-17(25)24-15(26)9-3-2-4-10(7-9)18(21,22)23/h2-8H,1H3,(H,27,28)/b24-17-. The van der Waals surface area contributed by atoms with Crippen LogP contribution in [0.1, 0.15) is 28.9 Å². The molecule has 1 heterocycles. The minimum absolute atomic E-state index is 0.0145. The number of aliphatic carboxylic acids is 1. The van der Waals surface area contributed by atoms with Crippen molar-refractivity contribution in [1.82, 2.24) is 4.57 Å². The molecule has 1 atom stereocenters. The Bertz CT molecular complexity index is 1200. The molecule has 0 fully saturated rings. The zero-order valence-electron chi connectivity index (χ0n) is 14.5. The molecule has 5 nitrogen and oxygen atoms in total. The van der Waals surface area contributed by atoms with Gasteiger partial charge >= 0.3 is 12.1 Å². The van der Waals surface area contributed by atoms with Crippen molar-refractivity contribution in [1.29, 1.82) is 0 Å². The highest BCUT2D eigenvalue weighted by Gasteiger charge is 2.31. The normalized spacial score (nSPS) is 13.7. The Hall–Kier alpha value is -3.08. The third-order valence-electron chi connectivity index (χ3n) is 4.07. The number of hydrogen-bond acceptors (Lipinski definition) is 3. The van der Waals surface area contributed by atoms with Crippen LogP contribution >= 0.6 is 11.3 Å². The van der Waals surface area contributed by atoms with Crippen molar-refractivity contribution >= 4 is 33.4 Å². The summed E-state index contributed by atoms with van der Waals surface area (Å²) in [6, 6.07) is 4.15. The molecule has 0 aliphatic heterocycles. The van der Waals surface area contributed by atoms with Gasteiger partial charge in [-0.3, -0.25) is 4.79 Å². The first kappa shape index (κ1) is 20.6. The lowest BCUT2D eigenvalue weighted by molar-refractivity contribution is -0.140. The zero-order valence-corrected chi connectivity index (χ0v) is 15.3. The number of benzene rings is 2. The molecule has 1 amide bonds. The molecule has 2 aromatic carbocycles. The van der Waals surface area contributed by atoms with Crippen LogP contribution in [0.2, 0.25) is 0 Å². The average molecular weight is 430 g/mol. The van der Waals surface area contributed by atoms with E-state index in [1.165, 1.54) is 6.92 Å². The number of carboxylic acid groups (broad SMARTS) is 1. The topological polar surface area (TPSA) is 71.7 Å². The van der Waals surface area contributed by atoms with Crippen LogP contribution in [0.5, 0.6) is 0 Å². The lowest BCUT2D eigenvalue weighted by atomic mass is 10.1. The van der Waals surface area contributed by atoms with Crippen LogP contribution in [0.3, 0.4) is 0 Å². The number of carbonyl (C=O) groups excluding carboxylic acids is 1. The molecule has 1 unspecified atom stereocenters. The number of fused-ring (bicyclic) bond motifs is 1. The van der Waals surface area contributed by atoms with Gasteiger partial charge in [0.05, 0.1) is 15.8 Å². The maximum Gasteiger partial charge on any atom is 0.416 e. The monoisotopic (exact) mass is 430 g/mol. The second kappa shape index (κ2) is 7.39. The molecule has 0 aliphatic carbocycles. The summed E-state index contributed by atoms with van der Waals surface area (Å²) in [5.41, 5.74) is -1.47. The minimum atomic E-state index is -4.67. The van der Waals surface area contributed by atoms with E-state index in [1.807, 2.05) is 0 Å². The highest BCUT2D eigenvalue weighted by atomic mass is 32.1.